The van der Waals surface area contributed by atoms with Gasteiger partial charge in [0.15, 0.2) is 0 Å². The van der Waals surface area contributed by atoms with Gasteiger partial charge >= 0.3 is 0 Å². The van der Waals surface area contributed by atoms with Crippen molar-refractivity contribution in [2.24, 2.45) is 5.84 Å². The fourth-order valence-electron chi connectivity index (χ4n) is 2.49. The Morgan fingerprint density at radius 1 is 1.67 bits per heavy atom. The number of halogens is 1. The van der Waals surface area contributed by atoms with Crippen molar-refractivity contribution in [2.45, 2.75) is 51.3 Å². The smallest absolute Gasteiger partial charge is 0.0834 e. The topological polar surface area (TPSA) is 65.1 Å². The standard InChI is InChI=1S/C12H21ClN4O/c1-2-17-12(10(13)8-15-17)11(16-14)7-9-5-3-4-6-18-9/h8-9,11,16H,2-7,14H2,1H3. The Morgan fingerprint density at radius 3 is 3.11 bits per heavy atom. The minimum atomic E-state index is -0.0111. The third-order valence-corrected chi connectivity index (χ3v) is 3.73. The first kappa shape index (κ1) is 13.8. The van der Waals surface area contributed by atoms with Crippen LogP contribution in [-0.4, -0.2) is 22.5 Å². The Kier molecular flexibility index (Phi) is 5.00. The van der Waals surface area contributed by atoms with Crippen LogP contribution in [0.2, 0.25) is 5.02 Å². The van der Waals surface area contributed by atoms with Crippen LogP contribution in [0, 0.1) is 0 Å². The summed E-state index contributed by atoms with van der Waals surface area (Å²) < 4.78 is 7.64. The first-order valence-electron chi connectivity index (χ1n) is 6.55. The molecule has 0 radical (unpaired) electrons. The van der Waals surface area contributed by atoms with Crippen molar-refractivity contribution in [3.8, 4) is 0 Å². The molecule has 5 nitrogen and oxygen atoms in total. The Bertz CT molecular complexity index is 376. The number of aryl methyl sites for hydroxylation is 1. The summed E-state index contributed by atoms with van der Waals surface area (Å²) in [6, 6.07) is -0.0111. The molecule has 1 saturated heterocycles. The van der Waals surface area contributed by atoms with E-state index in [4.69, 9.17) is 22.2 Å². The van der Waals surface area contributed by atoms with E-state index in [1.165, 1.54) is 6.42 Å². The minimum absolute atomic E-state index is 0.0111. The van der Waals surface area contributed by atoms with E-state index in [2.05, 4.69) is 10.5 Å². The van der Waals surface area contributed by atoms with Gasteiger partial charge in [-0.15, -0.1) is 0 Å². The molecule has 6 heteroatoms. The average molecular weight is 273 g/mol. The van der Waals surface area contributed by atoms with E-state index < -0.39 is 0 Å². The van der Waals surface area contributed by atoms with Gasteiger partial charge < -0.3 is 4.74 Å². The molecule has 18 heavy (non-hydrogen) atoms. The van der Waals surface area contributed by atoms with Gasteiger partial charge in [-0.1, -0.05) is 11.6 Å². The zero-order valence-electron chi connectivity index (χ0n) is 10.7. The molecule has 2 atom stereocenters. The fraction of sp³-hybridized carbons (Fsp3) is 0.750. The number of hydrogen-bond acceptors (Lipinski definition) is 4. The molecule has 2 unspecified atom stereocenters. The molecule has 102 valence electrons. The molecule has 3 N–H and O–H groups in total. The first-order chi connectivity index (χ1) is 8.76. The Labute approximate surface area is 113 Å². The number of nitrogens with two attached hydrogens (primary N) is 1. The van der Waals surface area contributed by atoms with Crippen molar-refractivity contribution >= 4 is 11.6 Å². The molecule has 0 aliphatic carbocycles. The summed E-state index contributed by atoms with van der Waals surface area (Å²) >= 11 is 6.20. The second-order valence-corrected chi connectivity index (χ2v) is 5.04. The molecular formula is C12H21ClN4O. The number of nitrogens with zero attached hydrogens (tertiary/aromatic N) is 2. The fourth-order valence-corrected chi connectivity index (χ4v) is 2.76. The monoisotopic (exact) mass is 272 g/mol. The molecule has 0 aromatic carbocycles. The van der Waals surface area contributed by atoms with Crippen molar-refractivity contribution in [3.05, 3.63) is 16.9 Å². The zero-order valence-corrected chi connectivity index (χ0v) is 11.5. The molecule has 1 aliphatic rings. The molecule has 2 rings (SSSR count). The van der Waals surface area contributed by atoms with Crippen LogP contribution in [0.25, 0.3) is 0 Å². The molecule has 1 aliphatic heterocycles. The Balaban J connectivity index is 2.09. The average Bonchev–Trinajstić information content (AvgIpc) is 2.78. The first-order valence-corrected chi connectivity index (χ1v) is 6.93. The van der Waals surface area contributed by atoms with Crippen LogP contribution in [0.15, 0.2) is 6.20 Å². The van der Waals surface area contributed by atoms with Gasteiger partial charge in [0.25, 0.3) is 0 Å². The number of ether oxygens (including phenoxy) is 1. The third-order valence-electron chi connectivity index (χ3n) is 3.44. The highest BCUT2D eigenvalue weighted by Gasteiger charge is 2.24. The van der Waals surface area contributed by atoms with E-state index in [0.717, 1.165) is 38.1 Å². The normalized spacial score (nSPS) is 22.1. The molecule has 0 spiro atoms. The molecule has 0 bridgehead atoms. The zero-order chi connectivity index (χ0) is 13.0. The van der Waals surface area contributed by atoms with E-state index >= 15 is 0 Å². The van der Waals surface area contributed by atoms with Gasteiger partial charge in [0.1, 0.15) is 0 Å². The summed E-state index contributed by atoms with van der Waals surface area (Å²) in [5, 5.41) is 4.91. The predicted octanol–water partition coefficient (Wildman–Crippen LogP) is 2.02. The Morgan fingerprint density at radius 2 is 2.50 bits per heavy atom. The van der Waals surface area contributed by atoms with Gasteiger partial charge in [-0.05, 0) is 32.6 Å². The highest BCUT2D eigenvalue weighted by atomic mass is 35.5. The highest BCUT2D eigenvalue weighted by Crippen LogP contribution is 2.28. The van der Waals surface area contributed by atoms with Crippen LogP contribution in [0.3, 0.4) is 0 Å². The number of aromatic nitrogens is 2. The van der Waals surface area contributed by atoms with E-state index in [-0.39, 0.29) is 12.1 Å². The maximum atomic E-state index is 6.20. The molecule has 1 fully saturated rings. The van der Waals surface area contributed by atoms with Crippen LogP contribution < -0.4 is 11.3 Å². The van der Waals surface area contributed by atoms with Crippen molar-refractivity contribution in [1.82, 2.24) is 15.2 Å². The summed E-state index contributed by atoms with van der Waals surface area (Å²) in [5.41, 5.74) is 3.80. The summed E-state index contributed by atoms with van der Waals surface area (Å²) in [5.74, 6) is 5.67. The van der Waals surface area contributed by atoms with Crippen molar-refractivity contribution in [3.63, 3.8) is 0 Å². The van der Waals surface area contributed by atoms with Gasteiger partial charge in [0.05, 0.1) is 29.1 Å². The number of rotatable bonds is 5. The molecule has 2 heterocycles. The van der Waals surface area contributed by atoms with Crippen molar-refractivity contribution in [1.29, 1.82) is 0 Å². The number of nitrogens with one attached hydrogen (secondary N) is 1. The van der Waals surface area contributed by atoms with Gasteiger partial charge in [0.2, 0.25) is 0 Å². The van der Waals surface area contributed by atoms with Gasteiger partial charge in [-0.25, -0.2) is 0 Å². The maximum Gasteiger partial charge on any atom is 0.0834 e. The third kappa shape index (κ3) is 3.03. The quantitative estimate of drug-likeness (QED) is 0.636. The van der Waals surface area contributed by atoms with E-state index in [9.17, 15) is 0 Å². The van der Waals surface area contributed by atoms with Crippen LogP contribution in [0.5, 0.6) is 0 Å². The van der Waals surface area contributed by atoms with Crippen LogP contribution >= 0.6 is 11.6 Å². The lowest BCUT2D eigenvalue weighted by Crippen LogP contribution is -2.34. The van der Waals surface area contributed by atoms with Gasteiger partial charge in [-0.3, -0.25) is 16.0 Å². The van der Waals surface area contributed by atoms with Crippen LogP contribution in [-0.2, 0) is 11.3 Å². The van der Waals surface area contributed by atoms with Crippen molar-refractivity contribution < 1.29 is 4.74 Å². The number of hydrogen-bond donors (Lipinski definition) is 2. The van der Waals surface area contributed by atoms with E-state index in [1.54, 1.807) is 6.20 Å². The Hall–Kier alpha value is -0.620. The second-order valence-electron chi connectivity index (χ2n) is 4.64. The van der Waals surface area contributed by atoms with Crippen LogP contribution in [0.4, 0.5) is 0 Å². The highest BCUT2D eigenvalue weighted by molar-refractivity contribution is 6.31. The van der Waals surface area contributed by atoms with Gasteiger partial charge in [-0.2, -0.15) is 5.10 Å². The van der Waals surface area contributed by atoms with E-state index in [0.29, 0.717) is 5.02 Å². The SMILES string of the molecule is CCn1ncc(Cl)c1C(CC1CCCCO1)NN. The van der Waals surface area contributed by atoms with Gasteiger partial charge in [0, 0.05) is 13.2 Å². The molecular weight excluding hydrogens is 252 g/mol. The largest absolute Gasteiger partial charge is 0.378 e. The minimum Gasteiger partial charge on any atom is -0.378 e. The number of hydrazine groups is 1. The molecule has 1 aromatic rings. The lowest BCUT2D eigenvalue weighted by atomic mass is 10.00. The molecule has 1 aromatic heterocycles. The molecule has 0 amide bonds. The van der Waals surface area contributed by atoms with Crippen LogP contribution in [0.1, 0.15) is 44.3 Å². The predicted molar refractivity (Wildman–Crippen MR) is 71.2 cm³/mol. The second kappa shape index (κ2) is 6.52. The van der Waals surface area contributed by atoms with Crippen molar-refractivity contribution in [2.75, 3.05) is 6.61 Å². The van der Waals surface area contributed by atoms with E-state index in [1.807, 2.05) is 11.6 Å². The molecule has 0 saturated carbocycles. The summed E-state index contributed by atoms with van der Waals surface area (Å²) in [6.07, 6.45) is 6.24. The lowest BCUT2D eigenvalue weighted by Gasteiger charge is -2.27. The summed E-state index contributed by atoms with van der Waals surface area (Å²) in [4.78, 5) is 0. The summed E-state index contributed by atoms with van der Waals surface area (Å²) in [7, 11) is 0. The summed E-state index contributed by atoms with van der Waals surface area (Å²) in [6.45, 7) is 3.67. The lowest BCUT2D eigenvalue weighted by molar-refractivity contribution is 0.00451. The maximum absolute atomic E-state index is 6.20.